The van der Waals surface area contributed by atoms with Gasteiger partial charge in [0.05, 0.1) is 11.4 Å². The Bertz CT molecular complexity index is 483. The van der Waals surface area contributed by atoms with Crippen LogP contribution in [0, 0.1) is 5.92 Å². The Balaban J connectivity index is 2.04. The summed E-state index contributed by atoms with van der Waals surface area (Å²) in [4.78, 5) is 15.5. The first kappa shape index (κ1) is 13.6. The second-order valence-electron chi connectivity index (χ2n) is 5.00. The molecule has 0 aliphatic carbocycles. The van der Waals surface area contributed by atoms with Gasteiger partial charge in [-0.1, -0.05) is 24.6 Å². The summed E-state index contributed by atoms with van der Waals surface area (Å²) in [6.07, 6.45) is 4.92. The number of carboxylic acid groups (broad SMARTS) is 1. The number of benzene rings is 1. The summed E-state index contributed by atoms with van der Waals surface area (Å²) < 4.78 is 0. The van der Waals surface area contributed by atoms with E-state index in [0.29, 0.717) is 11.5 Å². The van der Waals surface area contributed by atoms with E-state index in [1.807, 2.05) is 12.1 Å². The van der Waals surface area contributed by atoms with E-state index in [9.17, 15) is 4.79 Å². The largest absolute Gasteiger partial charge is 0.478 e. The molecule has 19 heavy (non-hydrogen) atoms. The number of aryl methyl sites for hydroxylation is 1. The van der Waals surface area contributed by atoms with Crippen LogP contribution in [0.3, 0.4) is 0 Å². The highest BCUT2D eigenvalue weighted by Gasteiger charge is 2.17. The maximum absolute atomic E-state index is 11.1. The van der Waals surface area contributed by atoms with Gasteiger partial charge in [-0.3, -0.25) is 4.99 Å². The molecule has 1 aromatic rings. The van der Waals surface area contributed by atoms with Crippen molar-refractivity contribution in [2.75, 3.05) is 6.54 Å². The van der Waals surface area contributed by atoms with Gasteiger partial charge in [0.2, 0.25) is 0 Å². The smallest absolute Gasteiger partial charge is 0.335 e. The van der Waals surface area contributed by atoms with Crippen molar-refractivity contribution in [1.82, 2.24) is 0 Å². The number of carbonyl (C=O) groups is 1. The molecule has 1 heterocycles. The molecule has 4 nitrogen and oxygen atoms in total. The van der Waals surface area contributed by atoms with Crippen LogP contribution in [-0.4, -0.2) is 23.5 Å². The average Bonchev–Trinajstić information content (AvgIpc) is 2.61. The zero-order chi connectivity index (χ0) is 13.7. The summed E-state index contributed by atoms with van der Waals surface area (Å²) >= 11 is 0. The molecule has 0 spiro atoms. The highest BCUT2D eigenvalue weighted by atomic mass is 16.4. The number of hydrogen-bond donors (Lipinski definition) is 2. The third-order valence-electron chi connectivity index (χ3n) is 3.68. The topological polar surface area (TPSA) is 75.7 Å². The minimum Gasteiger partial charge on any atom is -0.478 e. The molecular weight excluding hydrogens is 240 g/mol. The Labute approximate surface area is 113 Å². The predicted octanol–water partition coefficient (Wildman–Crippen LogP) is 2.47. The summed E-state index contributed by atoms with van der Waals surface area (Å²) in [5, 5.41) is 9.15. The number of aromatic carboxylic acids is 1. The van der Waals surface area contributed by atoms with Crippen molar-refractivity contribution in [3.05, 3.63) is 35.4 Å². The lowest BCUT2D eigenvalue weighted by Crippen LogP contribution is -2.23. The summed E-state index contributed by atoms with van der Waals surface area (Å²) in [7, 11) is 0. The fourth-order valence-electron chi connectivity index (χ4n) is 2.56. The predicted molar refractivity (Wildman–Crippen MR) is 75.6 cm³/mol. The van der Waals surface area contributed by atoms with Crippen LogP contribution in [0.15, 0.2) is 29.3 Å². The number of rotatable bonds is 4. The molecule has 0 amide bonds. The molecular formula is C15H20N2O2. The van der Waals surface area contributed by atoms with E-state index >= 15 is 0 Å². The zero-order valence-electron chi connectivity index (χ0n) is 11.0. The maximum Gasteiger partial charge on any atom is 0.335 e. The van der Waals surface area contributed by atoms with Crippen LogP contribution in [-0.2, 0) is 6.42 Å². The van der Waals surface area contributed by atoms with Crippen LogP contribution in [0.5, 0.6) is 0 Å². The zero-order valence-corrected chi connectivity index (χ0v) is 11.0. The minimum atomic E-state index is -0.863. The number of carboxylic acids is 1. The van der Waals surface area contributed by atoms with Gasteiger partial charge < -0.3 is 10.8 Å². The lowest BCUT2D eigenvalue weighted by Gasteiger charge is -2.15. The quantitative estimate of drug-likeness (QED) is 0.873. The van der Waals surface area contributed by atoms with Gasteiger partial charge in [-0.15, -0.1) is 0 Å². The molecule has 1 aromatic carbocycles. The summed E-state index contributed by atoms with van der Waals surface area (Å²) in [6.45, 7) is 0.827. The second kappa shape index (κ2) is 6.36. The molecule has 1 aliphatic heterocycles. The number of amidine groups is 1. The first-order valence-corrected chi connectivity index (χ1v) is 6.79. The van der Waals surface area contributed by atoms with E-state index in [-0.39, 0.29) is 0 Å². The summed E-state index contributed by atoms with van der Waals surface area (Å²) in [5.74, 6) is 0.174. The van der Waals surface area contributed by atoms with E-state index in [1.165, 1.54) is 0 Å². The highest BCUT2D eigenvalue weighted by molar-refractivity contribution is 5.89. The van der Waals surface area contributed by atoms with Gasteiger partial charge in [-0.2, -0.15) is 0 Å². The molecule has 2 rings (SSSR count). The SMILES string of the molecule is NC1=NCCCCC1CCc1ccccc1C(=O)O. The lowest BCUT2D eigenvalue weighted by atomic mass is 9.92. The molecule has 0 aromatic heterocycles. The molecule has 0 radical (unpaired) electrons. The van der Waals surface area contributed by atoms with Gasteiger partial charge in [0.1, 0.15) is 0 Å². The molecule has 0 bridgehead atoms. The molecule has 0 saturated heterocycles. The average molecular weight is 260 g/mol. The number of nitrogens with two attached hydrogens (primary N) is 1. The van der Waals surface area contributed by atoms with Gasteiger partial charge in [-0.25, -0.2) is 4.79 Å². The van der Waals surface area contributed by atoms with E-state index < -0.39 is 5.97 Å². The van der Waals surface area contributed by atoms with Gasteiger partial charge in [0, 0.05) is 12.5 Å². The van der Waals surface area contributed by atoms with E-state index in [0.717, 1.165) is 50.0 Å². The van der Waals surface area contributed by atoms with Crippen molar-refractivity contribution in [3.8, 4) is 0 Å². The Kier molecular flexibility index (Phi) is 4.55. The molecule has 4 heteroatoms. The van der Waals surface area contributed by atoms with Crippen LogP contribution < -0.4 is 5.73 Å². The van der Waals surface area contributed by atoms with Crippen molar-refractivity contribution in [3.63, 3.8) is 0 Å². The standard InChI is InChI=1S/C15H20N2O2/c16-14-12(6-3-4-10-17-14)9-8-11-5-1-2-7-13(11)15(18)19/h1-2,5,7,12H,3-4,6,8-10H2,(H2,16,17)(H,18,19). The van der Waals surface area contributed by atoms with Crippen LogP contribution in [0.2, 0.25) is 0 Å². The second-order valence-corrected chi connectivity index (χ2v) is 5.00. The van der Waals surface area contributed by atoms with Crippen molar-refractivity contribution in [2.24, 2.45) is 16.6 Å². The third-order valence-corrected chi connectivity index (χ3v) is 3.68. The lowest BCUT2D eigenvalue weighted by molar-refractivity contribution is 0.0695. The van der Waals surface area contributed by atoms with Gasteiger partial charge in [0.25, 0.3) is 0 Å². The Morgan fingerprint density at radius 1 is 1.37 bits per heavy atom. The van der Waals surface area contributed by atoms with Crippen molar-refractivity contribution in [2.45, 2.75) is 32.1 Å². The Hall–Kier alpha value is -1.84. The van der Waals surface area contributed by atoms with E-state index in [2.05, 4.69) is 4.99 Å². The van der Waals surface area contributed by atoms with E-state index in [4.69, 9.17) is 10.8 Å². The molecule has 3 N–H and O–H groups in total. The van der Waals surface area contributed by atoms with Crippen LogP contribution in [0.4, 0.5) is 0 Å². The van der Waals surface area contributed by atoms with Crippen LogP contribution in [0.25, 0.3) is 0 Å². The van der Waals surface area contributed by atoms with Crippen molar-refractivity contribution in [1.29, 1.82) is 0 Å². The van der Waals surface area contributed by atoms with Crippen molar-refractivity contribution < 1.29 is 9.90 Å². The first-order valence-electron chi connectivity index (χ1n) is 6.79. The monoisotopic (exact) mass is 260 g/mol. The molecule has 1 unspecified atom stereocenters. The fraction of sp³-hybridized carbons (Fsp3) is 0.467. The number of hydrogen-bond acceptors (Lipinski definition) is 3. The third kappa shape index (κ3) is 3.56. The molecule has 0 fully saturated rings. The molecule has 102 valence electrons. The number of aliphatic imine (C=N–C) groups is 1. The fourth-order valence-corrected chi connectivity index (χ4v) is 2.56. The molecule has 1 atom stereocenters. The van der Waals surface area contributed by atoms with Gasteiger partial charge >= 0.3 is 5.97 Å². The van der Waals surface area contributed by atoms with Crippen molar-refractivity contribution >= 4 is 11.8 Å². The molecule has 0 saturated carbocycles. The first-order chi connectivity index (χ1) is 9.18. The number of nitrogens with zero attached hydrogens (tertiary/aromatic N) is 1. The van der Waals surface area contributed by atoms with Crippen LogP contribution in [0.1, 0.15) is 41.6 Å². The summed E-state index contributed by atoms with van der Waals surface area (Å²) in [6, 6.07) is 7.18. The van der Waals surface area contributed by atoms with E-state index in [1.54, 1.807) is 12.1 Å². The van der Waals surface area contributed by atoms with Crippen LogP contribution >= 0.6 is 0 Å². The molecule has 1 aliphatic rings. The maximum atomic E-state index is 11.1. The normalized spacial score (nSPS) is 19.6. The highest BCUT2D eigenvalue weighted by Crippen LogP contribution is 2.20. The van der Waals surface area contributed by atoms with Gasteiger partial charge in [-0.05, 0) is 37.3 Å². The minimum absolute atomic E-state index is 0.296. The van der Waals surface area contributed by atoms with Gasteiger partial charge in [0.15, 0.2) is 0 Å². The Morgan fingerprint density at radius 3 is 2.95 bits per heavy atom. The summed E-state index contributed by atoms with van der Waals surface area (Å²) in [5.41, 5.74) is 7.25. The Morgan fingerprint density at radius 2 is 2.16 bits per heavy atom.